The fraction of sp³-hybridized carbons (Fsp3) is 0.480. The van der Waals surface area contributed by atoms with Crippen molar-refractivity contribution in [1.29, 1.82) is 0 Å². The SMILES string of the molecule is O=C(NCCc1ccc(O)c(O)c1)c1cc(C23CC4CC(CC(C4)C2)C3)c(O)cc1O. The largest absolute Gasteiger partial charge is 0.508 e. The predicted octanol–water partition coefficient (Wildman–Crippen LogP) is 3.95. The Labute approximate surface area is 181 Å². The van der Waals surface area contributed by atoms with Gasteiger partial charge in [-0.25, -0.2) is 0 Å². The lowest BCUT2D eigenvalue weighted by atomic mass is 9.48. The summed E-state index contributed by atoms with van der Waals surface area (Å²) in [5, 5.41) is 42.9. The summed E-state index contributed by atoms with van der Waals surface area (Å²) in [7, 11) is 0. The van der Waals surface area contributed by atoms with Crippen molar-refractivity contribution in [1.82, 2.24) is 5.32 Å². The zero-order valence-corrected chi connectivity index (χ0v) is 17.5. The summed E-state index contributed by atoms with van der Waals surface area (Å²) < 4.78 is 0. The molecule has 6 heteroatoms. The summed E-state index contributed by atoms with van der Waals surface area (Å²) in [6, 6.07) is 7.59. The molecule has 0 spiro atoms. The second kappa shape index (κ2) is 7.36. The summed E-state index contributed by atoms with van der Waals surface area (Å²) in [5.74, 6) is 1.24. The minimum Gasteiger partial charge on any atom is -0.508 e. The molecule has 6 nitrogen and oxygen atoms in total. The van der Waals surface area contributed by atoms with E-state index < -0.39 is 0 Å². The van der Waals surface area contributed by atoms with E-state index in [4.69, 9.17) is 0 Å². The number of carbonyl (C=O) groups is 1. The minimum atomic E-state index is -0.383. The zero-order chi connectivity index (χ0) is 21.8. The zero-order valence-electron chi connectivity index (χ0n) is 17.5. The van der Waals surface area contributed by atoms with E-state index in [2.05, 4.69) is 5.32 Å². The fourth-order valence-corrected chi connectivity index (χ4v) is 6.76. The van der Waals surface area contributed by atoms with Crippen LogP contribution in [0.1, 0.15) is 60.0 Å². The summed E-state index contributed by atoms with van der Waals surface area (Å²) in [4.78, 5) is 12.8. The molecular formula is C25H29NO5. The quantitative estimate of drug-likeness (QED) is 0.468. The number of phenolic OH excluding ortho intramolecular Hbond substituents is 4. The lowest BCUT2D eigenvalue weighted by Crippen LogP contribution is -2.48. The maximum Gasteiger partial charge on any atom is 0.255 e. The molecular weight excluding hydrogens is 394 g/mol. The van der Waals surface area contributed by atoms with E-state index in [1.54, 1.807) is 12.1 Å². The summed E-state index contributed by atoms with van der Waals surface area (Å²) in [6.45, 7) is 0.316. The second-order valence-electron chi connectivity index (χ2n) is 9.91. The fourth-order valence-electron chi connectivity index (χ4n) is 6.76. The molecule has 2 aromatic rings. The average Bonchev–Trinajstić information content (AvgIpc) is 2.69. The number of carbonyl (C=O) groups excluding carboxylic acids is 1. The van der Waals surface area contributed by atoms with Crippen LogP contribution in [0.4, 0.5) is 0 Å². The number of hydrogen-bond donors (Lipinski definition) is 5. The summed E-state index contributed by atoms with van der Waals surface area (Å²) >= 11 is 0. The molecule has 4 fully saturated rings. The van der Waals surface area contributed by atoms with Gasteiger partial charge in [0.15, 0.2) is 11.5 Å². The van der Waals surface area contributed by atoms with E-state index in [0.717, 1.165) is 30.4 Å². The minimum absolute atomic E-state index is 0.0782. The van der Waals surface area contributed by atoms with Crippen molar-refractivity contribution in [2.45, 2.75) is 50.4 Å². The third-order valence-electron chi connectivity index (χ3n) is 7.71. The predicted molar refractivity (Wildman–Crippen MR) is 115 cm³/mol. The van der Waals surface area contributed by atoms with Gasteiger partial charge < -0.3 is 25.7 Å². The van der Waals surface area contributed by atoms with Gasteiger partial charge in [-0.2, -0.15) is 0 Å². The molecule has 4 bridgehead atoms. The van der Waals surface area contributed by atoms with Crippen LogP contribution in [0.5, 0.6) is 23.0 Å². The van der Waals surface area contributed by atoms with Gasteiger partial charge in [0.05, 0.1) is 5.56 Å². The molecule has 0 radical (unpaired) electrons. The van der Waals surface area contributed by atoms with Crippen LogP contribution in [0.15, 0.2) is 30.3 Å². The van der Waals surface area contributed by atoms with Crippen LogP contribution < -0.4 is 5.32 Å². The molecule has 0 saturated heterocycles. The Morgan fingerprint density at radius 1 is 0.839 bits per heavy atom. The molecule has 0 aliphatic heterocycles. The second-order valence-corrected chi connectivity index (χ2v) is 9.91. The van der Waals surface area contributed by atoms with Crippen molar-refractivity contribution in [3.8, 4) is 23.0 Å². The molecule has 0 atom stereocenters. The van der Waals surface area contributed by atoms with Crippen LogP contribution in [0.3, 0.4) is 0 Å². The maximum atomic E-state index is 12.8. The number of phenols is 4. The molecule has 4 saturated carbocycles. The first-order chi connectivity index (χ1) is 14.8. The highest BCUT2D eigenvalue weighted by Gasteiger charge is 2.52. The van der Waals surface area contributed by atoms with Gasteiger partial charge in [-0.05, 0) is 91.9 Å². The Kier molecular flexibility index (Phi) is 4.76. The number of hydrogen-bond acceptors (Lipinski definition) is 5. The lowest BCUT2D eigenvalue weighted by molar-refractivity contribution is -0.00617. The first kappa shape index (κ1) is 20.0. The third kappa shape index (κ3) is 3.58. The molecule has 164 valence electrons. The number of amides is 1. The topological polar surface area (TPSA) is 110 Å². The molecule has 2 aromatic carbocycles. The molecule has 1 amide bonds. The Morgan fingerprint density at radius 2 is 1.48 bits per heavy atom. The highest BCUT2D eigenvalue weighted by molar-refractivity contribution is 5.97. The molecule has 5 N–H and O–H groups in total. The van der Waals surface area contributed by atoms with E-state index >= 15 is 0 Å². The van der Waals surface area contributed by atoms with E-state index in [-0.39, 0.29) is 39.9 Å². The van der Waals surface area contributed by atoms with Gasteiger partial charge in [-0.15, -0.1) is 0 Å². The van der Waals surface area contributed by atoms with E-state index in [1.807, 2.05) is 0 Å². The Morgan fingerprint density at radius 3 is 2.10 bits per heavy atom. The van der Waals surface area contributed by atoms with E-state index in [9.17, 15) is 25.2 Å². The van der Waals surface area contributed by atoms with Crippen molar-refractivity contribution in [3.63, 3.8) is 0 Å². The van der Waals surface area contributed by atoms with Gasteiger partial charge in [0, 0.05) is 18.2 Å². The van der Waals surface area contributed by atoms with Gasteiger partial charge in [0.1, 0.15) is 11.5 Å². The van der Waals surface area contributed by atoms with E-state index in [1.165, 1.54) is 37.5 Å². The molecule has 6 rings (SSSR count). The average molecular weight is 424 g/mol. The van der Waals surface area contributed by atoms with Crippen LogP contribution in [0.2, 0.25) is 0 Å². The number of aromatic hydroxyl groups is 4. The van der Waals surface area contributed by atoms with Crippen LogP contribution in [0.25, 0.3) is 0 Å². The van der Waals surface area contributed by atoms with Crippen molar-refractivity contribution < 1.29 is 25.2 Å². The molecule has 4 aliphatic carbocycles. The van der Waals surface area contributed by atoms with E-state index in [0.29, 0.717) is 30.7 Å². The van der Waals surface area contributed by atoms with Gasteiger partial charge in [0.25, 0.3) is 5.91 Å². The Balaban J connectivity index is 1.34. The normalized spacial score (nSPS) is 28.6. The molecule has 0 heterocycles. The summed E-state index contributed by atoms with van der Waals surface area (Å²) in [6.07, 6.45) is 7.52. The standard InChI is InChI=1S/C25H29NO5/c27-20-2-1-14(8-23(20)30)3-4-26-24(31)18-9-19(22(29)10-21(18)28)25-11-15-5-16(12-25)7-17(6-15)13-25/h1-2,8-10,15-17,27-30H,3-7,11-13H2,(H,26,31). The highest BCUT2D eigenvalue weighted by atomic mass is 16.3. The van der Waals surface area contributed by atoms with Crippen molar-refractivity contribution >= 4 is 5.91 Å². The molecule has 0 unspecified atom stereocenters. The van der Waals surface area contributed by atoms with Gasteiger partial charge in [-0.1, -0.05) is 6.07 Å². The Hall–Kier alpha value is -2.89. The number of rotatable bonds is 5. The number of nitrogens with one attached hydrogen (secondary N) is 1. The first-order valence-electron chi connectivity index (χ1n) is 11.2. The Bertz CT molecular complexity index is 996. The number of benzene rings is 2. The van der Waals surface area contributed by atoms with Gasteiger partial charge >= 0.3 is 0 Å². The highest BCUT2D eigenvalue weighted by Crippen LogP contribution is 2.62. The van der Waals surface area contributed by atoms with Gasteiger partial charge in [-0.3, -0.25) is 4.79 Å². The summed E-state index contributed by atoms with van der Waals surface area (Å²) in [5.41, 5.74) is 1.71. The molecule has 4 aliphatic rings. The molecule has 0 aromatic heterocycles. The van der Waals surface area contributed by atoms with Gasteiger partial charge in [0.2, 0.25) is 0 Å². The van der Waals surface area contributed by atoms with Crippen LogP contribution in [-0.2, 0) is 11.8 Å². The van der Waals surface area contributed by atoms with Crippen LogP contribution in [-0.4, -0.2) is 32.9 Å². The van der Waals surface area contributed by atoms with Crippen molar-refractivity contribution in [3.05, 3.63) is 47.0 Å². The maximum absolute atomic E-state index is 12.8. The molecule has 31 heavy (non-hydrogen) atoms. The smallest absolute Gasteiger partial charge is 0.255 e. The van der Waals surface area contributed by atoms with Crippen LogP contribution in [0, 0.1) is 17.8 Å². The van der Waals surface area contributed by atoms with Crippen molar-refractivity contribution in [2.24, 2.45) is 17.8 Å². The van der Waals surface area contributed by atoms with Crippen molar-refractivity contribution in [2.75, 3.05) is 6.54 Å². The van der Waals surface area contributed by atoms with Crippen LogP contribution >= 0.6 is 0 Å². The lowest BCUT2D eigenvalue weighted by Gasteiger charge is -2.57. The third-order valence-corrected chi connectivity index (χ3v) is 7.71. The first-order valence-corrected chi connectivity index (χ1v) is 11.2. The monoisotopic (exact) mass is 423 g/mol.